The van der Waals surface area contributed by atoms with Gasteiger partial charge in [-0.25, -0.2) is 13.6 Å². The number of carbonyl (C=O) groups is 2. The third kappa shape index (κ3) is 5.26. The second-order valence-corrected chi connectivity index (χ2v) is 9.89. The summed E-state index contributed by atoms with van der Waals surface area (Å²) in [6, 6.07) is 21.1. The van der Waals surface area contributed by atoms with E-state index in [9.17, 15) is 23.5 Å². The molecule has 0 fully saturated rings. The minimum atomic E-state index is -1.41. The zero-order valence-corrected chi connectivity index (χ0v) is 22.0. The van der Waals surface area contributed by atoms with Crippen LogP contribution in [0.4, 0.5) is 8.78 Å². The topological polar surface area (TPSA) is 82.5 Å². The van der Waals surface area contributed by atoms with Crippen LogP contribution in [0.3, 0.4) is 0 Å². The number of benzene rings is 4. The summed E-state index contributed by atoms with van der Waals surface area (Å²) in [6.07, 6.45) is 1.70. The first kappa shape index (κ1) is 26.9. The third-order valence-corrected chi connectivity index (χ3v) is 6.87. The summed E-state index contributed by atoms with van der Waals surface area (Å²) in [5.41, 5.74) is 2.72. The number of hydrogen-bond donors (Lipinski definition) is 2. The molecule has 1 atom stereocenters. The molecular formula is C32H27F2N3O3. The molecule has 0 spiro atoms. The van der Waals surface area contributed by atoms with Crippen LogP contribution < -0.4 is 5.32 Å². The van der Waals surface area contributed by atoms with Crippen LogP contribution in [0.5, 0.6) is 0 Å². The maximum Gasteiger partial charge on any atom is 0.326 e. The van der Waals surface area contributed by atoms with E-state index in [0.29, 0.717) is 5.56 Å². The quantitative estimate of drug-likeness (QED) is 0.260. The lowest BCUT2D eigenvalue weighted by Crippen LogP contribution is -2.43. The number of aromatic nitrogens is 1. The van der Waals surface area contributed by atoms with E-state index in [1.165, 1.54) is 5.56 Å². The fourth-order valence-electron chi connectivity index (χ4n) is 5.09. The van der Waals surface area contributed by atoms with E-state index in [2.05, 4.69) is 16.3 Å². The molecule has 0 bridgehead atoms. The second-order valence-electron chi connectivity index (χ2n) is 9.89. The SMILES string of the molecule is CN(C)Cc1cccc2c(-c3cccc4c(C[C@H](NC(=O)c5c(F)cccc5F)C(=O)O)cccc34)nccc12. The standard InChI is InChI=1S/C32H27F2N3O3/c1-37(2)18-20-8-4-11-24-22(20)15-16-35-30(24)25-12-5-9-21-19(7-3-10-23(21)25)17-28(32(39)40)36-31(38)29-26(33)13-6-14-27(29)34/h3-16,28H,17-18H2,1-2H3,(H,36,38)(H,39,40)/t28-/m0/s1. The normalized spacial score (nSPS) is 12.1. The van der Waals surface area contributed by atoms with Crippen molar-refractivity contribution < 1.29 is 23.5 Å². The maximum atomic E-state index is 14.1. The molecule has 40 heavy (non-hydrogen) atoms. The predicted octanol–water partition coefficient (Wildman–Crippen LogP) is 5.82. The zero-order valence-electron chi connectivity index (χ0n) is 22.0. The number of halogens is 2. The van der Waals surface area contributed by atoms with Gasteiger partial charge in [-0.2, -0.15) is 0 Å². The summed E-state index contributed by atoms with van der Waals surface area (Å²) in [4.78, 5) is 31.6. The van der Waals surface area contributed by atoms with E-state index in [1.807, 2.05) is 62.6 Å². The molecule has 5 rings (SSSR count). The summed E-state index contributed by atoms with van der Waals surface area (Å²) in [5.74, 6) is -4.57. The van der Waals surface area contributed by atoms with Gasteiger partial charge in [-0.15, -0.1) is 0 Å². The summed E-state index contributed by atoms with van der Waals surface area (Å²) < 4.78 is 28.3. The number of hydrogen-bond acceptors (Lipinski definition) is 4. The lowest BCUT2D eigenvalue weighted by atomic mass is 9.93. The number of carboxylic acid groups (broad SMARTS) is 1. The van der Waals surface area contributed by atoms with E-state index in [-0.39, 0.29) is 6.42 Å². The Balaban J connectivity index is 1.54. The molecule has 0 saturated heterocycles. The summed E-state index contributed by atoms with van der Waals surface area (Å²) >= 11 is 0. The highest BCUT2D eigenvalue weighted by Crippen LogP contribution is 2.35. The smallest absolute Gasteiger partial charge is 0.326 e. The van der Waals surface area contributed by atoms with E-state index in [0.717, 1.165) is 57.5 Å². The fraction of sp³-hybridized carbons (Fsp3) is 0.156. The van der Waals surface area contributed by atoms with Crippen molar-refractivity contribution in [3.63, 3.8) is 0 Å². The molecular weight excluding hydrogens is 512 g/mol. The number of rotatable bonds is 8. The number of pyridine rings is 1. The van der Waals surface area contributed by atoms with Crippen molar-refractivity contribution in [2.24, 2.45) is 0 Å². The predicted molar refractivity (Wildman–Crippen MR) is 151 cm³/mol. The minimum absolute atomic E-state index is 0.0894. The highest BCUT2D eigenvalue weighted by molar-refractivity contribution is 6.05. The monoisotopic (exact) mass is 539 g/mol. The zero-order chi connectivity index (χ0) is 28.4. The van der Waals surface area contributed by atoms with Gasteiger partial charge < -0.3 is 15.3 Å². The Labute approximate surface area is 229 Å². The number of nitrogens with zero attached hydrogens (tertiary/aromatic N) is 2. The van der Waals surface area contributed by atoms with Gasteiger partial charge in [0.05, 0.1) is 5.69 Å². The molecule has 0 unspecified atom stereocenters. The molecule has 4 aromatic carbocycles. The molecule has 0 saturated carbocycles. The van der Waals surface area contributed by atoms with Crippen LogP contribution in [0.1, 0.15) is 21.5 Å². The van der Waals surface area contributed by atoms with Gasteiger partial charge in [0.15, 0.2) is 0 Å². The highest BCUT2D eigenvalue weighted by atomic mass is 19.1. The molecule has 1 heterocycles. The molecule has 6 nitrogen and oxygen atoms in total. The van der Waals surface area contributed by atoms with Crippen molar-refractivity contribution in [2.75, 3.05) is 14.1 Å². The minimum Gasteiger partial charge on any atom is -0.480 e. The van der Waals surface area contributed by atoms with Crippen molar-refractivity contribution in [3.05, 3.63) is 113 Å². The van der Waals surface area contributed by atoms with Gasteiger partial charge in [0, 0.05) is 30.1 Å². The maximum absolute atomic E-state index is 14.1. The lowest BCUT2D eigenvalue weighted by Gasteiger charge is -2.18. The van der Waals surface area contributed by atoms with E-state index >= 15 is 0 Å². The Morgan fingerprint density at radius 2 is 1.43 bits per heavy atom. The Bertz CT molecular complexity index is 1730. The molecule has 1 aromatic heterocycles. The van der Waals surface area contributed by atoms with Crippen LogP contribution in [0.2, 0.25) is 0 Å². The van der Waals surface area contributed by atoms with Crippen LogP contribution >= 0.6 is 0 Å². The number of nitrogens with one attached hydrogen (secondary N) is 1. The molecule has 8 heteroatoms. The fourth-order valence-corrected chi connectivity index (χ4v) is 5.09. The van der Waals surface area contributed by atoms with Crippen LogP contribution in [-0.4, -0.2) is 47.0 Å². The first-order chi connectivity index (χ1) is 19.2. The Kier molecular flexibility index (Phi) is 7.53. The Hall–Kier alpha value is -4.69. The molecule has 1 amide bonds. The van der Waals surface area contributed by atoms with Crippen LogP contribution in [0.15, 0.2) is 85.1 Å². The molecule has 2 N–H and O–H groups in total. The van der Waals surface area contributed by atoms with Gasteiger partial charge in [-0.05, 0) is 59.6 Å². The molecule has 0 aliphatic carbocycles. The number of amides is 1. The van der Waals surface area contributed by atoms with Crippen LogP contribution in [0.25, 0.3) is 32.8 Å². The van der Waals surface area contributed by atoms with Crippen molar-refractivity contribution in [1.82, 2.24) is 15.2 Å². The average molecular weight is 540 g/mol. The molecule has 5 aromatic rings. The van der Waals surface area contributed by atoms with Gasteiger partial charge in [0.25, 0.3) is 5.91 Å². The lowest BCUT2D eigenvalue weighted by molar-refractivity contribution is -0.139. The molecule has 0 radical (unpaired) electrons. The summed E-state index contributed by atoms with van der Waals surface area (Å²) in [6.45, 7) is 0.777. The third-order valence-electron chi connectivity index (χ3n) is 6.87. The number of fused-ring (bicyclic) bond motifs is 2. The first-order valence-electron chi connectivity index (χ1n) is 12.7. The van der Waals surface area contributed by atoms with E-state index in [4.69, 9.17) is 4.98 Å². The largest absolute Gasteiger partial charge is 0.480 e. The highest BCUT2D eigenvalue weighted by Gasteiger charge is 2.25. The average Bonchev–Trinajstić information content (AvgIpc) is 2.92. The Morgan fingerprint density at radius 1 is 0.825 bits per heavy atom. The second kappa shape index (κ2) is 11.2. The van der Waals surface area contributed by atoms with Crippen molar-refractivity contribution in [3.8, 4) is 11.3 Å². The van der Waals surface area contributed by atoms with Crippen molar-refractivity contribution in [1.29, 1.82) is 0 Å². The van der Waals surface area contributed by atoms with Gasteiger partial charge in [-0.3, -0.25) is 9.78 Å². The number of carboxylic acids is 1. The Morgan fingerprint density at radius 3 is 2.12 bits per heavy atom. The van der Waals surface area contributed by atoms with Crippen molar-refractivity contribution in [2.45, 2.75) is 19.0 Å². The van der Waals surface area contributed by atoms with Crippen LogP contribution in [-0.2, 0) is 17.8 Å². The summed E-state index contributed by atoms with van der Waals surface area (Å²) in [7, 11) is 4.04. The number of aliphatic carboxylic acids is 1. The van der Waals surface area contributed by atoms with Crippen molar-refractivity contribution >= 4 is 33.4 Å². The van der Waals surface area contributed by atoms with E-state index in [1.54, 1.807) is 12.3 Å². The molecule has 0 aliphatic rings. The van der Waals surface area contributed by atoms with Gasteiger partial charge in [0.1, 0.15) is 23.2 Å². The first-order valence-corrected chi connectivity index (χ1v) is 12.7. The molecule has 202 valence electrons. The van der Waals surface area contributed by atoms with E-state index < -0.39 is 35.1 Å². The molecule has 0 aliphatic heterocycles. The van der Waals surface area contributed by atoms with Gasteiger partial charge in [0.2, 0.25) is 0 Å². The van der Waals surface area contributed by atoms with Gasteiger partial charge in [-0.1, -0.05) is 60.7 Å². The van der Waals surface area contributed by atoms with Crippen LogP contribution in [0, 0.1) is 11.6 Å². The number of carbonyl (C=O) groups excluding carboxylic acids is 1. The summed E-state index contributed by atoms with van der Waals surface area (Å²) in [5, 5.41) is 15.9. The van der Waals surface area contributed by atoms with Gasteiger partial charge >= 0.3 is 5.97 Å².